The molecule has 33 heteroatoms. The predicted octanol–water partition coefficient (Wildman–Crippen LogP) is -2.20. The zero-order valence-corrected chi connectivity index (χ0v) is 56.7. The zero-order chi connectivity index (χ0) is 72.4. The molecule has 18 N–H and O–H groups in total. The fraction of sp³-hybridized carbons (Fsp3) is 0.537. The number of phenolic OH excluding ortho intramolecular Hbond substituents is 1. The molecule has 0 aliphatic carbocycles. The Labute approximate surface area is 579 Å². The summed E-state index contributed by atoms with van der Waals surface area (Å²) in [5, 5.41) is 114. The minimum Gasteiger partial charge on any atom is -0.504 e. The third-order valence-electron chi connectivity index (χ3n) is 18.7. The molecule has 4 aromatic rings. The van der Waals surface area contributed by atoms with Gasteiger partial charge in [-0.2, -0.15) is 0 Å². The Kier molecular flexibility index (Phi) is 25.6. The minimum absolute atomic E-state index is 0.0489. The van der Waals surface area contributed by atoms with Crippen molar-refractivity contribution < 1.29 is 102 Å². The van der Waals surface area contributed by atoms with E-state index >= 15 is 0 Å². The molecule has 0 radical (unpaired) electrons. The van der Waals surface area contributed by atoms with Crippen molar-refractivity contribution in [2.45, 2.75) is 145 Å². The zero-order valence-electron chi connectivity index (χ0n) is 55.9. The van der Waals surface area contributed by atoms with Gasteiger partial charge in [-0.3, -0.25) is 47.2 Å². The second-order valence-electron chi connectivity index (χ2n) is 26.4. The van der Waals surface area contributed by atoms with Crippen molar-refractivity contribution in [1.29, 1.82) is 0 Å². The number of morpholine rings is 1. The number of fused-ring (bicyclic) bond motifs is 2. The number of rotatable bonds is 19. The second-order valence-corrected chi connectivity index (χ2v) is 27.5. The van der Waals surface area contributed by atoms with Crippen LogP contribution in [0.15, 0.2) is 91.0 Å². The van der Waals surface area contributed by atoms with Crippen LogP contribution >= 0.6 is 11.2 Å². The van der Waals surface area contributed by atoms with E-state index in [0.717, 1.165) is 90.6 Å². The molecule has 1 unspecified atom stereocenters. The van der Waals surface area contributed by atoms with Crippen LogP contribution in [0.25, 0.3) is 11.1 Å². The lowest BCUT2D eigenvalue weighted by Gasteiger charge is -2.38. The molecule has 0 saturated carbocycles. The number of ether oxygens (including phenoxy) is 1. The highest BCUT2D eigenvalue weighted by Gasteiger charge is 2.50. The number of hydrogen-bond donors (Lipinski definition) is 18. The fourth-order valence-corrected chi connectivity index (χ4v) is 13.7. The quantitative estimate of drug-likeness (QED) is 0.0474. The normalized spacial score (nSPS) is 27.5. The number of anilines is 3. The van der Waals surface area contributed by atoms with Gasteiger partial charge in [0.2, 0.25) is 35.4 Å². The molecule has 0 bridgehead atoms. The third-order valence-corrected chi connectivity index (χ3v) is 19.1. The van der Waals surface area contributed by atoms with Crippen molar-refractivity contribution in [1.82, 2.24) is 41.7 Å². The van der Waals surface area contributed by atoms with Gasteiger partial charge in [-0.1, -0.05) is 37.3 Å². The van der Waals surface area contributed by atoms with Gasteiger partial charge in [-0.15, -0.1) is 0 Å². The lowest BCUT2D eigenvalue weighted by molar-refractivity contribution is -0.147. The van der Waals surface area contributed by atoms with Crippen molar-refractivity contribution in [3.05, 3.63) is 102 Å². The number of phenols is 1. The van der Waals surface area contributed by atoms with Gasteiger partial charge in [0.1, 0.15) is 36.3 Å². The average molecular weight is 1420 g/mol. The maximum absolute atomic E-state index is 15.0. The molecule has 548 valence electrons. The van der Waals surface area contributed by atoms with Crippen molar-refractivity contribution in [3.8, 4) is 22.6 Å². The van der Waals surface area contributed by atoms with E-state index in [1.807, 2.05) is 24.3 Å². The largest absolute Gasteiger partial charge is 0.504 e. The number of β-amino-alcohol motifs (C(OH)–C–C–N with tert-alkyl or cyclic N) is 1. The highest BCUT2D eigenvalue weighted by Crippen LogP contribution is 2.41. The Morgan fingerprint density at radius 2 is 1.19 bits per heavy atom. The first-order valence-electron chi connectivity index (χ1n) is 33.4. The Morgan fingerprint density at radius 3 is 1.77 bits per heavy atom. The Balaban J connectivity index is 0.952. The molecule has 15 atom stereocenters. The molecule has 100 heavy (non-hydrogen) atoms. The standard InChI is InChI=1S/C67H93N11O21S/c1-36-30-78-59(60(36)87)65(92)69-29-48(82)27-50(70-61(88)43-8-6-41(7-9-43)42-10-12-45(13-11-42)74-21-23-75(24-22-74)46-14-16-47(17-15-46)76-31-37(2)98-38(3)32-76)62(89)71-56(39(4)81)66(93)77-33-49(83)28-51(77)63(90)72-57(54(86)25-40-5-18-52(84)55(26-40)99-100(95,96)97)64(91)73-58(67(78)94)53(85)19-20-68-44(34-79)35-80/h5-18,26,36-39,44,48-51,53-54,56-60,68,79-87,95-97H,19-25,27-35H2,1-4H3,(H,69,92)(H,70,88)(H,71,89)(H,72,90)(H,73,91)/t36-,37-,38+,39+,48+,49+,50?,51-,53+,54+,56-,57-,58-,59-,60-/m0/s1. The number of nitrogens with one attached hydrogen (secondary N) is 6. The van der Waals surface area contributed by atoms with E-state index in [-0.39, 0.29) is 36.4 Å². The minimum atomic E-state index is -4.74. The summed E-state index contributed by atoms with van der Waals surface area (Å²) in [5.41, 5.74) is 4.93. The summed E-state index contributed by atoms with van der Waals surface area (Å²) in [7, 11) is 0. The molecule has 5 heterocycles. The number of aromatic hydroxyl groups is 1. The van der Waals surface area contributed by atoms with Crippen molar-refractivity contribution >= 4 is 69.6 Å². The van der Waals surface area contributed by atoms with Crippen LogP contribution in [-0.4, -0.2) is 281 Å². The van der Waals surface area contributed by atoms with E-state index in [0.29, 0.717) is 0 Å². The van der Waals surface area contributed by atoms with E-state index in [2.05, 4.69) is 88.9 Å². The molecule has 7 amide bonds. The first kappa shape index (κ1) is 76.2. The molecular weight excluding hydrogens is 1330 g/mol. The number of carbonyl (C=O) groups is 7. The maximum Gasteiger partial charge on any atom is 0.266 e. The first-order chi connectivity index (χ1) is 47.5. The van der Waals surface area contributed by atoms with Gasteiger partial charge in [0, 0.05) is 107 Å². The number of amides is 7. The molecule has 5 aliphatic rings. The molecular formula is C67H93N11O21S. The fourth-order valence-electron chi connectivity index (χ4n) is 13.3. The number of nitrogens with zero attached hydrogens (tertiary/aromatic N) is 5. The van der Waals surface area contributed by atoms with Gasteiger partial charge in [0.25, 0.3) is 17.1 Å². The number of carbonyl (C=O) groups excluding carboxylic acids is 7. The van der Waals surface area contributed by atoms with Crippen molar-refractivity contribution in [2.24, 2.45) is 5.92 Å². The van der Waals surface area contributed by atoms with Crippen molar-refractivity contribution in [2.75, 3.05) is 93.4 Å². The number of aliphatic hydroxyl groups excluding tert-OH is 8. The summed E-state index contributed by atoms with van der Waals surface area (Å²) in [6.45, 7) is 8.66. The van der Waals surface area contributed by atoms with Crippen LogP contribution in [0.2, 0.25) is 0 Å². The summed E-state index contributed by atoms with van der Waals surface area (Å²) in [5.74, 6) is -10.4. The van der Waals surface area contributed by atoms with Crippen LogP contribution < -0.4 is 50.8 Å². The summed E-state index contributed by atoms with van der Waals surface area (Å²) in [6, 6.07) is 13.6. The Hall–Kier alpha value is -8.00. The maximum atomic E-state index is 15.0. The van der Waals surface area contributed by atoms with E-state index in [1.54, 1.807) is 12.1 Å². The molecule has 0 aromatic heterocycles. The second kappa shape index (κ2) is 33.7. The van der Waals surface area contributed by atoms with Gasteiger partial charge in [0.15, 0.2) is 11.5 Å². The summed E-state index contributed by atoms with van der Waals surface area (Å²) >= 11 is -4.74. The third kappa shape index (κ3) is 19.1. The van der Waals surface area contributed by atoms with Gasteiger partial charge >= 0.3 is 0 Å². The molecule has 4 aromatic carbocycles. The summed E-state index contributed by atoms with van der Waals surface area (Å²) in [6.07, 6.45) is -12.7. The molecule has 5 fully saturated rings. The molecule has 0 spiro atoms. The van der Waals surface area contributed by atoms with E-state index in [9.17, 15) is 93.2 Å². The summed E-state index contributed by atoms with van der Waals surface area (Å²) in [4.78, 5) is 111. The first-order valence-corrected chi connectivity index (χ1v) is 34.8. The molecule has 5 saturated heterocycles. The van der Waals surface area contributed by atoms with Crippen LogP contribution in [0.5, 0.6) is 11.5 Å². The SMILES string of the molecule is C[C@@H]1CN(c2ccc(N3CCN(c4ccc(-c5ccc(C(=O)NC6C[C@@H](O)CNC(=O)[C@@H]7[C@@H](O)[C@@H](C)CN7C(=O)[C@H]([C@H](O)CCNC(CO)CO)NC(=O)[C@H]([C@H](O)Cc7ccc(O)c(OS(O)(O)O)c7)NC(=O)[C@@H]7C[C@@H](O)CN7C(=O)[C@H]([C@@H](C)O)NC6=O)cc5)cc4)CC3)cc2)C[C@H](C)O1. The Bertz CT molecular complexity index is 3460. The van der Waals surface area contributed by atoms with Gasteiger partial charge in [-0.05, 0) is 111 Å². The highest BCUT2D eigenvalue weighted by molar-refractivity contribution is 8.15. The molecule has 5 aliphatic heterocycles. The van der Waals surface area contributed by atoms with Crippen LogP contribution in [0.1, 0.15) is 62.9 Å². The topological polar surface area (TPSA) is 469 Å². The number of piperazine rings is 1. The van der Waals surface area contributed by atoms with Crippen LogP contribution in [0.4, 0.5) is 17.1 Å². The Morgan fingerprint density at radius 1 is 0.640 bits per heavy atom. The lowest BCUT2D eigenvalue weighted by Crippen LogP contribution is -2.64. The monoisotopic (exact) mass is 1420 g/mol. The van der Waals surface area contributed by atoms with Crippen molar-refractivity contribution in [3.63, 3.8) is 0 Å². The average Bonchev–Trinajstić information content (AvgIpc) is 1.60. The number of aliphatic hydroxyl groups is 8. The van der Waals surface area contributed by atoms with Crippen LogP contribution in [0, 0.1) is 5.92 Å². The van der Waals surface area contributed by atoms with Gasteiger partial charge in [-0.25, -0.2) is 0 Å². The van der Waals surface area contributed by atoms with E-state index in [4.69, 9.17) is 4.74 Å². The van der Waals surface area contributed by atoms with Gasteiger partial charge < -0.3 is 111 Å². The lowest BCUT2D eigenvalue weighted by atomic mass is 9.98. The van der Waals surface area contributed by atoms with Gasteiger partial charge in [0.05, 0.1) is 68.1 Å². The summed E-state index contributed by atoms with van der Waals surface area (Å²) < 4.78 is 39.3. The van der Waals surface area contributed by atoms with Crippen LogP contribution in [0.3, 0.4) is 0 Å². The molecule has 32 nitrogen and oxygen atoms in total. The highest BCUT2D eigenvalue weighted by atomic mass is 32.3. The number of hydrogen-bond acceptors (Lipinski definition) is 25. The smallest absolute Gasteiger partial charge is 0.266 e. The number of benzene rings is 4. The molecule has 9 rings (SSSR count). The van der Waals surface area contributed by atoms with E-state index in [1.165, 1.54) is 30.8 Å². The van der Waals surface area contributed by atoms with Crippen LogP contribution in [-0.2, 0) is 39.9 Å². The predicted molar refractivity (Wildman–Crippen MR) is 365 cm³/mol. The van der Waals surface area contributed by atoms with E-state index < -0.39 is 201 Å².